The smallest absolute Gasteiger partial charge is 0.236 e. The van der Waals surface area contributed by atoms with Gasteiger partial charge in [-0.25, -0.2) is 0 Å². The molecular formula is C11H16N2O2. The number of nitrogens with zero attached hydrogens (tertiary/aromatic N) is 2. The lowest BCUT2D eigenvalue weighted by molar-refractivity contribution is -0.130. The van der Waals surface area contributed by atoms with Gasteiger partial charge >= 0.3 is 0 Å². The summed E-state index contributed by atoms with van der Waals surface area (Å²) in [5.74, 6) is 1.12. The Morgan fingerprint density at radius 2 is 2.33 bits per heavy atom. The predicted molar refractivity (Wildman–Crippen MR) is 56.2 cm³/mol. The van der Waals surface area contributed by atoms with E-state index < -0.39 is 0 Å². The van der Waals surface area contributed by atoms with E-state index in [2.05, 4.69) is 4.90 Å². The molecule has 2 heterocycles. The Morgan fingerprint density at radius 1 is 1.47 bits per heavy atom. The first-order valence-corrected chi connectivity index (χ1v) is 5.24. The maximum atomic E-state index is 11.6. The highest BCUT2D eigenvalue weighted by molar-refractivity contribution is 5.78. The Kier molecular flexibility index (Phi) is 3.06. The fourth-order valence-corrected chi connectivity index (χ4v) is 1.81. The van der Waals surface area contributed by atoms with Crippen LogP contribution in [0.25, 0.3) is 0 Å². The lowest BCUT2D eigenvalue weighted by Crippen LogP contribution is -2.33. The van der Waals surface area contributed by atoms with E-state index in [0.717, 1.165) is 31.8 Å². The Morgan fingerprint density at radius 3 is 3.07 bits per heavy atom. The van der Waals surface area contributed by atoms with Crippen LogP contribution in [-0.4, -0.2) is 42.4 Å². The quantitative estimate of drug-likeness (QED) is 0.726. The van der Waals surface area contributed by atoms with E-state index in [-0.39, 0.29) is 5.91 Å². The van der Waals surface area contributed by atoms with Crippen LogP contribution in [0.1, 0.15) is 12.2 Å². The fourth-order valence-electron chi connectivity index (χ4n) is 1.81. The van der Waals surface area contributed by atoms with Gasteiger partial charge in [-0.3, -0.25) is 9.69 Å². The van der Waals surface area contributed by atoms with E-state index in [1.807, 2.05) is 19.2 Å². The molecule has 4 nitrogen and oxygen atoms in total. The standard InChI is InChI=1S/C11H16N2O2/c1-12-5-3-6-13(9-11(12)14)8-10-4-2-7-15-10/h2,4,7H,3,5-6,8-9H2,1H3. The summed E-state index contributed by atoms with van der Waals surface area (Å²) in [5, 5.41) is 0. The van der Waals surface area contributed by atoms with Gasteiger partial charge in [0.05, 0.1) is 19.4 Å². The highest BCUT2D eigenvalue weighted by Crippen LogP contribution is 2.09. The summed E-state index contributed by atoms with van der Waals surface area (Å²) in [6, 6.07) is 3.82. The Balaban J connectivity index is 1.95. The van der Waals surface area contributed by atoms with Crippen LogP contribution in [-0.2, 0) is 11.3 Å². The number of hydrogen-bond acceptors (Lipinski definition) is 3. The lowest BCUT2D eigenvalue weighted by Gasteiger charge is -2.17. The summed E-state index contributed by atoms with van der Waals surface area (Å²) in [6.07, 6.45) is 2.70. The second kappa shape index (κ2) is 4.49. The number of furan rings is 1. The van der Waals surface area contributed by atoms with Crippen LogP contribution in [0.4, 0.5) is 0 Å². The van der Waals surface area contributed by atoms with Crippen LogP contribution in [0.3, 0.4) is 0 Å². The molecule has 1 aromatic heterocycles. The van der Waals surface area contributed by atoms with Gasteiger partial charge in [0.1, 0.15) is 5.76 Å². The van der Waals surface area contributed by atoms with Gasteiger partial charge < -0.3 is 9.32 Å². The Hall–Kier alpha value is -1.29. The van der Waals surface area contributed by atoms with Crippen LogP contribution in [0.2, 0.25) is 0 Å². The van der Waals surface area contributed by atoms with E-state index in [1.165, 1.54) is 0 Å². The number of amides is 1. The van der Waals surface area contributed by atoms with Crippen molar-refractivity contribution in [3.8, 4) is 0 Å². The molecule has 1 amide bonds. The maximum absolute atomic E-state index is 11.6. The summed E-state index contributed by atoms with van der Waals surface area (Å²) >= 11 is 0. The van der Waals surface area contributed by atoms with E-state index in [4.69, 9.17) is 4.42 Å². The lowest BCUT2D eigenvalue weighted by atomic mass is 10.3. The summed E-state index contributed by atoms with van der Waals surface area (Å²) in [7, 11) is 1.86. The van der Waals surface area contributed by atoms with Crippen molar-refractivity contribution in [1.29, 1.82) is 0 Å². The second-order valence-corrected chi connectivity index (χ2v) is 3.96. The van der Waals surface area contributed by atoms with Gasteiger partial charge in [0.25, 0.3) is 0 Å². The number of carbonyl (C=O) groups excluding carboxylic acids is 1. The minimum atomic E-state index is 0.194. The SMILES string of the molecule is CN1CCCN(Cc2ccco2)CC1=O. The molecule has 15 heavy (non-hydrogen) atoms. The van der Waals surface area contributed by atoms with Crippen LogP contribution in [0, 0.1) is 0 Å². The van der Waals surface area contributed by atoms with Crippen molar-refractivity contribution >= 4 is 5.91 Å². The van der Waals surface area contributed by atoms with Gasteiger partial charge in [0, 0.05) is 20.1 Å². The third kappa shape index (κ3) is 2.59. The highest BCUT2D eigenvalue weighted by atomic mass is 16.3. The third-order valence-electron chi connectivity index (χ3n) is 2.71. The zero-order chi connectivity index (χ0) is 10.7. The van der Waals surface area contributed by atoms with Crippen molar-refractivity contribution < 1.29 is 9.21 Å². The van der Waals surface area contributed by atoms with E-state index in [9.17, 15) is 4.79 Å². The molecule has 1 fully saturated rings. The molecule has 2 rings (SSSR count). The number of likely N-dealkylation sites (N-methyl/N-ethyl adjacent to an activating group) is 1. The van der Waals surface area contributed by atoms with E-state index in [0.29, 0.717) is 6.54 Å². The summed E-state index contributed by atoms with van der Waals surface area (Å²) in [6.45, 7) is 3.04. The molecular weight excluding hydrogens is 192 g/mol. The monoisotopic (exact) mass is 208 g/mol. The van der Waals surface area contributed by atoms with Crippen molar-refractivity contribution in [1.82, 2.24) is 9.80 Å². The Labute approximate surface area is 89.5 Å². The van der Waals surface area contributed by atoms with Crippen molar-refractivity contribution in [3.05, 3.63) is 24.2 Å². The minimum Gasteiger partial charge on any atom is -0.468 e. The summed E-state index contributed by atoms with van der Waals surface area (Å²) in [5.41, 5.74) is 0. The molecule has 0 saturated carbocycles. The van der Waals surface area contributed by atoms with Gasteiger partial charge in [-0.15, -0.1) is 0 Å². The fraction of sp³-hybridized carbons (Fsp3) is 0.545. The molecule has 1 aliphatic heterocycles. The number of hydrogen-bond donors (Lipinski definition) is 0. The van der Waals surface area contributed by atoms with Crippen molar-refractivity contribution in [2.24, 2.45) is 0 Å². The molecule has 0 unspecified atom stereocenters. The van der Waals surface area contributed by atoms with Crippen molar-refractivity contribution in [3.63, 3.8) is 0 Å². The van der Waals surface area contributed by atoms with Crippen LogP contribution >= 0.6 is 0 Å². The van der Waals surface area contributed by atoms with E-state index >= 15 is 0 Å². The van der Waals surface area contributed by atoms with Crippen LogP contribution in [0.5, 0.6) is 0 Å². The molecule has 1 aromatic rings. The molecule has 0 atom stereocenters. The molecule has 82 valence electrons. The third-order valence-corrected chi connectivity index (χ3v) is 2.71. The highest BCUT2D eigenvalue weighted by Gasteiger charge is 2.19. The van der Waals surface area contributed by atoms with Gasteiger partial charge in [0.2, 0.25) is 5.91 Å². The molecule has 0 bridgehead atoms. The molecule has 0 aliphatic carbocycles. The van der Waals surface area contributed by atoms with Gasteiger partial charge in [-0.05, 0) is 18.6 Å². The molecule has 0 N–H and O–H groups in total. The average Bonchev–Trinajstić information content (AvgIpc) is 2.64. The molecule has 4 heteroatoms. The molecule has 0 radical (unpaired) electrons. The van der Waals surface area contributed by atoms with Gasteiger partial charge in [-0.1, -0.05) is 0 Å². The summed E-state index contributed by atoms with van der Waals surface area (Å²) in [4.78, 5) is 15.5. The molecule has 0 spiro atoms. The van der Waals surface area contributed by atoms with Crippen molar-refractivity contribution in [2.75, 3.05) is 26.7 Å². The topological polar surface area (TPSA) is 36.7 Å². The number of rotatable bonds is 2. The van der Waals surface area contributed by atoms with Crippen LogP contribution in [0.15, 0.2) is 22.8 Å². The second-order valence-electron chi connectivity index (χ2n) is 3.96. The van der Waals surface area contributed by atoms with Gasteiger partial charge in [0.15, 0.2) is 0 Å². The molecule has 0 aromatic carbocycles. The Bertz CT molecular complexity index is 321. The first-order valence-electron chi connectivity index (χ1n) is 5.24. The minimum absolute atomic E-state index is 0.194. The predicted octanol–water partition coefficient (Wildman–Crippen LogP) is 0.944. The molecule has 1 saturated heterocycles. The van der Waals surface area contributed by atoms with Crippen molar-refractivity contribution in [2.45, 2.75) is 13.0 Å². The maximum Gasteiger partial charge on any atom is 0.236 e. The zero-order valence-corrected chi connectivity index (χ0v) is 8.98. The zero-order valence-electron chi connectivity index (χ0n) is 8.98. The number of carbonyl (C=O) groups is 1. The van der Waals surface area contributed by atoms with Gasteiger partial charge in [-0.2, -0.15) is 0 Å². The first-order chi connectivity index (χ1) is 7.25. The average molecular weight is 208 g/mol. The van der Waals surface area contributed by atoms with Crippen LogP contribution < -0.4 is 0 Å². The van der Waals surface area contributed by atoms with E-state index in [1.54, 1.807) is 11.2 Å². The normalized spacial score (nSPS) is 19.3. The summed E-state index contributed by atoms with van der Waals surface area (Å²) < 4.78 is 5.27. The molecule has 1 aliphatic rings. The largest absolute Gasteiger partial charge is 0.468 e. The first kappa shape index (κ1) is 10.2.